The Morgan fingerprint density at radius 3 is 2.33 bits per heavy atom. The maximum Gasteiger partial charge on any atom is 0.416 e. The standard InChI is InChI=1S/C15H16F4OS/c16-13-5-4-9(15(17,18)19)6-12(13)14(20)7-10-2-1-3-11(8-14)21-10/h4-6,10-11,20H,1-3,7-8H2. The lowest BCUT2D eigenvalue weighted by atomic mass is 9.80. The predicted molar refractivity (Wildman–Crippen MR) is 73.6 cm³/mol. The quantitative estimate of drug-likeness (QED) is 0.770. The number of alkyl halides is 3. The molecule has 2 atom stereocenters. The fraction of sp³-hybridized carbons (Fsp3) is 0.600. The van der Waals surface area contributed by atoms with Crippen molar-refractivity contribution < 1.29 is 22.7 Å². The Bertz CT molecular complexity index is 531. The van der Waals surface area contributed by atoms with Gasteiger partial charge in [-0.15, -0.1) is 0 Å². The molecule has 21 heavy (non-hydrogen) atoms. The highest BCUT2D eigenvalue weighted by molar-refractivity contribution is 8.00. The normalized spacial score (nSPS) is 33.0. The molecule has 2 bridgehead atoms. The van der Waals surface area contributed by atoms with E-state index in [2.05, 4.69) is 0 Å². The van der Waals surface area contributed by atoms with Crippen LogP contribution in [0.1, 0.15) is 43.2 Å². The van der Waals surface area contributed by atoms with Crippen molar-refractivity contribution >= 4 is 11.8 Å². The maximum atomic E-state index is 14.0. The molecule has 2 aliphatic rings. The van der Waals surface area contributed by atoms with E-state index in [9.17, 15) is 22.7 Å². The molecule has 0 aromatic heterocycles. The van der Waals surface area contributed by atoms with E-state index in [0.29, 0.717) is 12.8 Å². The molecule has 6 heteroatoms. The second-order valence-corrected chi connectivity index (χ2v) is 7.55. The Hall–Kier alpha value is -0.750. The summed E-state index contributed by atoms with van der Waals surface area (Å²) in [6.45, 7) is 0. The predicted octanol–water partition coefficient (Wildman–Crippen LogP) is 4.48. The number of hydrogen-bond acceptors (Lipinski definition) is 2. The monoisotopic (exact) mass is 320 g/mol. The minimum Gasteiger partial charge on any atom is -0.385 e. The number of rotatable bonds is 1. The van der Waals surface area contributed by atoms with Crippen LogP contribution in [0, 0.1) is 5.82 Å². The molecule has 2 fully saturated rings. The van der Waals surface area contributed by atoms with Gasteiger partial charge >= 0.3 is 6.18 Å². The molecule has 2 unspecified atom stereocenters. The second kappa shape index (κ2) is 5.16. The molecule has 1 nitrogen and oxygen atoms in total. The lowest BCUT2D eigenvalue weighted by molar-refractivity contribution is -0.137. The van der Waals surface area contributed by atoms with Crippen molar-refractivity contribution in [2.45, 2.75) is 54.4 Å². The number of aliphatic hydroxyl groups is 1. The van der Waals surface area contributed by atoms with Gasteiger partial charge in [0.15, 0.2) is 0 Å². The number of thioether (sulfide) groups is 1. The lowest BCUT2D eigenvalue weighted by Crippen LogP contribution is -2.41. The SMILES string of the molecule is OC1(c2cc(C(F)(F)F)ccc2F)CC2CCCC(C1)S2. The van der Waals surface area contributed by atoms with Crippen LogP contribution < -0.4 is 0 Å². The van der Waals surface area contributed by atoms with Gasteiger partial charge < -0.3 is 5.11 Å². The molecule has 2 aliphatic heterocycles. The summed E-state index contributed by atoms with van der Waals surface area (Å²) in [5, 5.41) is 11.2. The van der Waals surface area contributed by atoms with E-state index in [4.69, 9.17) is 0 Å². The molecule has 116 valence electrons. The van der Waals surface area contributed by atoms with E-state index in [1.54, 1.807) is 11.8 Å². The van der Waals surface area contributed by atoms with Crippen molar-refractivity contribution in [3.05, 3.63) is 35.1 Å². The van der Waals surface area contributed by atoms with E-state index in [-0.39, 0.29) is 16.1 Å². The third kappa shape index (κ3) is 2.93. The van der Waals surface area contributed by atoms with Gasteiger partial charge in [-0.05, 0) is 43.9 Å². The van der Waals surface area contributed by atoms with Gasteiger partial charge in [0.05, 0.1) is 11.2 Å². The maximum absolute atomic E-state index is 14.0. The number of fused-ring (bicyclic) bond motifs is 2. The van der Waals surface area contributed by atoms with Crippen LogP contribution in [0.4, 0.5) is 17.6 Å². The van der Waals surface area contributed by atoms with Crippen molar-refractivity contribution in [1.82, 2.24) is 0 Å². The molecule has 3 rings (SSSR count). The largest absolute Gasteiger partial charge is 0.416 e. The Kier molecular flexibility index (Phi) is 3.72. The molecule has 0 spiro atoms. The highest BCUT2D eigenvalue weighted by Gasteiger charge is 2.44. The van der Waals surface area contributed by atoms with Crippen molar-refractivity contribution in [2.75, 3.05) is 0 Å². The summed E-state index contributed by atoms with van der Waals surface area (Å²) in [6, 6.07) is 2.31. The molecule has 0 amide bonds. The molecule has 0 saturated carbocycles. The van der Waals surface area contributed by atoms with Crippen LogP contribution in [0.3, 0.4) is 0 Å². The van der Waals surface area contributed by atoms with Gasteiger partial charge in [0, 0.05) is 16.1 Å². The second-order valence-electron chi connectivity index (χ2n) is 5.94. The molecule has 1 aromatic carbocycles. The topological polar surface area (TPSA) is 20.2 Å². The van der Waals surface area contributed by atoms with Crippen LogP contribution in [0.15, 0.2) is 18.2 Å². The summed E-state index contributed by atoms with van der Waals surface area (Å²) in [5.41, 5.74) is -2.59. The summed E-state index contributed by atoms with van der Waals surface area (Å²) in [4.78, 5) is 0. The van der Waals surface area contributed by atoms with Gasteiger partial charge in [-0.25, -0.2) is 4.39 Å². The van der Waals surface area contributed by atoms with Crippen molar-refractivity contribution in [1.29, 1.82) is 0 Å². The first-order valence-corrected chi connectivity index (χ1v) is 7.97. The molecule has 0 aliphatic carbocycles. The summed E-state index contributed by atoms with van der Waals surface area (Å²) in [5.74, 6) is -0.754. The van der Waals surface area contributed by atoms with Crippen molar-refractivity contribution in [3.8, 4) is 0 Å². The van der Waals surface area contributed by atoms with Crippen molar-refractivity contribution in [2.24, 2.45) is 0 Å². The molecular formula is C15H16F4OS. The molecule has 2 heterocycles. The number of hydrogen-bond donors (Lipinski definition) is 1. The summed E-state index contributed by atoms with van der Waals surface area (Å²) < 4.78 is 52.5. The average molecular weight is 320 g/mol. The fourth-order valence-electron chi connectivity index (χ4n) is 3.40. The van der Waals surface area contributed by atoms with Crippen LogP contribution in [-0.2, 0) is 11.8 Å². The summed E-state index contributed by atoms with van der Waals surface area (Å²) >= 11 is 1.78. The first kappa shape index (κ1) is 15.2. The van der Waals surface area contributed by atoms with Gasteiger partial charge in [0.1, 0.15) is 5.82 Å². The van der Waals surface area contributed by atoms with E-state index in [0.717, 1.165) is 37.5 Å². The van der Waals surface area contributed by atoms with E-state index < -0.39 is 23.2 Å². The first-order chi connectivity index (χ1) is 9.78. The molecule has 0 radical (unpaired) electrons. The minimum absolute atomic E-state index is 0.200. The van der Waals surface area contributed by atoms with Gasteiger partial charge in [0.25, 0.3) is 0 Å². The smallest absolute Gasteiger partial charge is 0.385 e. The van der Waals surface area contributed by atoms with Crippen LogP contribution in [-0.4, -0.2) is 15.6 Å². The van der Waals surface area contributed by atoms with E-state index in [1.165, 1.54) is 0 Å². The summed E-state index contributed by atoms with van der Waals surface area (Å²) in [7, 11) is 0. The first-order valence-electron chi connectivity index (χ1n) is 7.03. The van der Waals surface area contributed by atoms with Crippen LogP contribution in [0.2, 0.25) is 0 Å². The zero-order valence-corrected chi connectivity index (χ0v) is 12.1. The highest BCUT2D eigenvalue weighted by atomic mass is 32.2. The average Bonchev–Trinajstić information content (AvgIpc) is 2.36. The lowest BCUT2D eigenvalue weighted by Gasteiger charge is -2.44. The summed E-state index contributed by atoms with van der Waals surface area (Å²) in [6.07, 6.45) is -0.936. The minimum atomic E-state index is -4.53. The van der Waals surface area contributed by atoms with Crippen molar-refractivity contribution in [3.63, 3.8) is 0 Å². The Morgan fingerprint density at radius 2 is 1.76 bits per heavy atom. The fourth-order valence-corrected chi connectivity index (χ4v) is 5.29. The zero-order valence-electron chi connectivity index (χ0n) is 11.3. The van der Waals surface area contributed by atoms with Gasteiger partial charge in [-0.1, -0.05) is 6.42 Å². The number of halogens is 4. The van der Waals surface area contributed by atoms with Gasteiger partial charge in [-0.3, -0.25) is 0 Å². The third-order valence-corrected chi connectivity index (χ3v) is 5.94. The van der Waals surface area contributed by atoms with Gasteiger partial charge in [0.2, 0.25) is 0 Å². The molecule has 1 aromatic rings. The van der Waals surface area contributed by atoms with Crippen LogP contribution >= 0.6 is 11.8 Å². The zero-order chi connectivity index (χ0) is 15.3. The Labute approximate surface area is 124 Å². The molecular weight excluding hydrogens is 304 g/mol. The van der Waals surface area contributed by atoms with E-state index in [1.807, 2.05) is 0 Å². The number of benzene rings is 1. The van der Waals surface area contributed by atoms with E-state index >= 15 is 0 Å². The molecule has 1 N–H and O–H groups in total. The Morgan fingerprint density at radius 1 is 1.14 bits per heavy atom. The van der Waals surface area contributed by atoms with Gasteiger partial charge in [-0.2, -0.15) is 24.9 Å². The third-order valence-electron chi connectivity index (χ3n) is 4.36. The molecule has 2 saturated heterocycles. The van der Waals surface area contributed by atoms with Crippen LogP contribution in [0.5, 0.6) is 0 Å². The highest BCUT2D eigenvalue weighted by Crippen LogP contribution is 2.50. The Balaban J connectivity index is 1.98. The van der Waals surface area contributed by atoms with Crippen LogP contribution in [0.25, 0.3) is 0 Å².